The van der Waals surface area contributed by atoms with Gasteiger partial charge < -0.3 is 29.8 Å². The summed E-state index contributed by atoms with van der Waals surface area (Å²) in [6.07, 6.45) is -1.32. The van der Waals surface area contributed by atoms with Gasteiger partial charge in [0.25, 0.3) is 0 Å². The molecule has 2 atom stereocenters. The Labute approximate surface area is 196 Å². The third-order valence-corrected chi connectivity index (χ3v) is 5.19. The molecule has 9 nitrogen and oxygen atoms in total. The summed E-state index contributed by atoms with van der Waals surface area (Å²) in [4.78, 5) is 24.7. The molecule has 3 rings (SSSR count). The van der Waals surface area contributed by atoms with E-state index in [1.807, 2.05) is 6.07 Å². The fourth-order valence-electron chi connectivity index (χ4n) is 3.67. The van der Waals surface area contributed by atoms with Gasteiger partial charge in [-0.15, -0.1) is 0 Å². The van der Waals surface area contributed by atoms with Crippen molar-refractivity contribution in [3.8, 4) is 17.6 Å². The number of carbonyl (C=O) groups is 2. The zero-order valence-electron chi connectivity index (χ0n) is 18.9. The molecule has 34 heavy (non-hydrogen) atoms. The van der Waals surface area contributed by atoms with Crippen LogP contribution < -0.4 is 15.2 Å². The number of benzene rings is 2. The molecule has 0 spiro atoms. The zero-order valence-corrected chi connectivity index (χ0v) is 18.9. The number of carboxylic acids is 1. The second-order valence-electron chi connectivity index (χ2n) is 7.27. The molecular formula is C25H24N2O7. The molecule has 0 amide bonds. The number of aliphatic carboxylic acids is 1. The van der Waals surface area contributed by atoms with Crippen molar-refractivity contribution >= 4 is 11.9 Å². The Balaban J connectivity index is 2.13. The monoisotopic (exact) mass is 464 g/mol. The van der Waals surface area contributed by atoms with Gasteiger partial charge in [-0.2, -0.15) is 5.26 Å². The number of nitrogens with two attached hydrogens (primary N) is 1. The molecule has 3 N–H and O–H groups in total. The predicted molar refractivity (Wildman–Crippen MR) is 120 cm³/mol. The van der Waals surface area contributed by atoms with Gasteiger partial charge in [0.15, 0.2) is 11.5 Å². The molecule has 0 aromatic heterocycles. The highest BCUT2D eigenvalue weighted by Gasteiger charge is 2.37. The van der Waals surface area contributed by atoms with Crippen LogP contribution in [0.15, 0.2) is 71.3 Å². The standard InChI is InChI=1S/C25H24N2O7/c1-4-32-25(30)20-14(2)33-23(27)17(13-26)21(20)16-10-11-18(31-3)19(12-16)34-22(24(28)29)15-8-6-5-7-9-15/h5-12,21-22H,4,27H2,1-3H3,(H,28,29). The number of methoxy groups -OCH3 is 1. The van der Waals surface area contributed by atoms with E-state index >= 15 is 0 Å². The van der Waals surface area contributed by atoms with Gasteiger partial charge in [0.1, 0.15) is 17.4 Å². The van der Waals surface area contributed by atoms with E-state index in [4.69, 9.17) is 24.7 Å². The van der Waals surface area contributed by atoms with Gasteiger partial charge in [-0.1, -0.05) is 36.4 Å². The van der Waals surface area contributed by atoms with Crippen LogP contribution in [0.2, 0.25) is 0 Å². The first-order valence-electron chi connectivity index (χ1n) is 10.4. The highest BCUT2D eigenvalue weighted by atomic mass is 16.5. The lowest BCUT2D eigenvalue weighted by molar-refractivity contribution is -0.145. The summed E-state index contributed by atoms with van der Waals surface area (Å²) in [7, 11) is 1.42. The first-order chi connectivity index (χ1) is 16.3. The Morgan fingerprint density at radius 3 is 2.50 bits per heavy atom. The van der Waals surface area contributed by atoms with E-state index in [-0.39, 0.29) is 40.9 Å². The number of nitrogens with zero attached hydrogens (tertiary/aromatic N) is 1. The van der Waals surface area contributed by atoms with Crippen molar-refractivity contribution in [2.45, 2.75) is 25.9 Å². The second-order valence-corrected chi connectivity index (χ2v) is 7.27. The SMILES string of the molecule is CCOC(=O)C1=C(C)OC(N)=C(C#N)C1c1ccc(OC)c(OC(C(=O)O)c2ccccc2)c1. The van der Waals surface area contributed by atoms with Gasteiger partial charge in [-0.25, -0.2) is 9.59 Å². The molecule has 1 aliphatic rings. The number of nitriles is 1. The topological polar surface area (TPSA) is 141 Å². The van der Waals surface area contributed by atoms with Gasteiger partial charge in [0.2, 0.25) is 12.0 Å². The van der Waals surface area contributed by atoms with E-state index in [0.717, 1.165) is 0 Å². The summed E-state index contributed by atoms with van der Waals surface area (Å²) in [5.74, 6) is -2.32. The molecule has 1 heterocycles. The van der Waals surface area contributed by atoms with Crippen LogP contribution >= 0.6 is 0 Å². The Morgan fingerprint density at radius 2 is 1.91 bits per heavy atom. The molecule has 0 fully saturated rings. The molecular weight excluding hydrogens is 440 g/mol. The van der Waals surface area contributed by atoms with Crippen LogP contribution in [0.5, 0.6) is 11.5 Å². The third kappa shape index (κ3) is 4.81. The number of rotatable bonds is 8. The molecule has 2 unspecified atom stereocenters. The summed E-state index contributed by atoms with van der Waals surface area (Å²) in [6, 6.07) is 15.2. The lowest BCUT2D eigenvalue weighted by atomic mass is 9.83. The van der Waals surface area contributed by atoms with Gasteiger partial charge >= 0.3 is 11.9 Å². The van der Waals surface area contributed by atoms with Crippen LogP contribution in [-0.4, -0.2) is 30.8 Å². The van der Waals surface area contributed by atoms with Gasteiger partial charge in [-0.05, 0) is 31.5 Å². The van der Waals surface area contributed by atoms with E-state index in [1.165, 1.54) is 13.2 Å². The summed E-state index contributed by atoms with van der Waals surface area (Å²) in [6.45, 7) is 3.34. The van der Waals surface area contributed by atoms with Crippen molar-refractivity contribution in [3.63, 3.8) is 0 Å². The quantitative estimate of drug-likeness (QED) is 0.561. The zero-order chi connectivity index (χ0) is 24.8. The average Bonchev–Trinajstić information content (AvgIpc) is 2.82. The minimum absolute atomic E-state index is 0.0163. The number of allylic oxidation sites excluding steroid dienone is 2. The number of hydrogen-bond donors (Lipinski definition) is 2. The summed E-state index contributed by atoms with van der Waals surface area (Å²) in [5, 5.41) is 19.5. The molecule has 0 radical (unpaired) electrons. The van der Waals surface area contributed by atoms with Crippen LogP contribution in [0.4, 0.5) is 0 Å². The Hall–Kier alpha value is -4.45. The van der Waals surface area contributed by atoms with Crippen molar-refractivity contribution in [2.24, 2.45) is 5.73 Å². The number of hydrogen-bond acceptors (Lipinski definition) is 8. The Bertz CT molecular complexity index is 1200. The maximum Gasteiger partial charge on any atom is 0.349 e. The summed E-state index contributed by atoms with van der Waals surface area (Å²) < 4.78 is 21.8. The minimum atomic E-state index is -1.32. The molecule has 2 aromatic carbocycles. The second kappa shape index (κ2) is 10.4. The Kier molecular flexibility index (Phi) is 7.43. The van der Waals surface area contributed by atoms with Gasteiger partial charge in [0, 0.05) is 5.56 Å². The largest absolute Gasteiger partial charge is 0.493 e. The number of carbonyl (C=O) groups excluding carboxylic acids is 1. The lowest BCUT2D eigenvalue weighted by Gasteiger charge is -2.27. The van der Waals surface area contributed by atoms with E-state index in [9.17, 15) is 20.0 Å². The molecule has 0 saturated carbocycles. The lowest BCUT2D eigenvalue weighted by Crippen LogP contribution is -2.25. The number of carboxylic acid groups (broad SMARTS) is 1. The molecule has 0 saturated heterocycles. The van der Waals surface area contributed by atoms with Crippen molar-refractivity contribution in [1.82, 2.24) is 0 Å². The number of esters is 1. The van der Waals surface area contributed by atoms with Crippen molar-refractivity contribution in [2.75, 3.05) is 13.7 Å². The third-order valence-electron chi connectivity index (χ3n) is 5.19. The molecule has 9 heteroatoms. The molecule has 0 aliphatic carbocycles. The van der Waals surface area contributed by atoms with Gasteiger partial charge in [0.05, 0.1) is 25.2 Å². The van der Waals surface area contributed by atoms with E-state index < -0.39 is 24.0 Å². The molecule has 176 valence electrons. The predicted octanol–water partition coefficient (Wildman–Crippen LogP) is 3.54. The van der Waals surface area contributed by atoms with E-state index in [2.05, 4.69) is 0 Å². The molecule has 1 aliphatic heterocycles. The molecule has 0 bridgehead atoms. The maximum absolute atomic E-state index is 12.8. The number of ether oxygens (including phenoxy) is 4. The Morgan fingerprint density at radius 1 is 1.21 bits per heavy atom. The van der Waals surface area contributed by atoms with E-state index in [1.54, 1.807) is 56.3 Å². The first kappa shape index (κ1) is 24.2. The maximum atomic E-state index is 12.8. The van der Waals surface area contributed by atoms with Crippen molar-refractivity contribution < 1.29 is 33.6 Å². The fourth-order valence-corrected chi connectivity index (χ4v) is 3.67. The van der Waals surface area contributed by atoms with Crippen molar-refractivity contribution in [3.05, 3.63) is 82.4 Å². The summed E-state index contributed by atoms with van der Waals surface area (Å²) in [5.41, 5.74) is 6.95. The normalized spacial score (nSPS) is 16.2. The highest BCUT2D eigenvalue weighted by molar-refractivity contribution is 5.92. The van der Waals surface area contributed by atoms with Crippen LogP contribution in [-0.2, 0) is 19.1 Å². The van der Waals surface area contributed by atoms with Crippen molar-refractivity contribution in [1.29, 1.82) is 5.26 Å². The van der Waals surface area contributed by atoms with Crippen LogP contribution in [0, 0.1) is 11.3 Å². The van der Waals surface area contributed by atoms with Crippen LogP contribution in [0.1, 0.15) is 37.0 Å². The van der Waals surface area contributed by atoms with Crippen LogP contribution in [0.3, 0.4) is 0 Å². The smallest absolute Gasteiger partial charge is 0.349 e. The first-order valence-corrected chi connectivity index (χ1v) is 10.4. The molecule has 2 aromatic rings. The average molecular weight is 464 g/mol. The fraction of sp³-hybridized carbons (Fsp3) is 0.240. The minimum Gasteiger partial charge on any atom is -0.493 e. The van der Waals surface area contributed by atoms with E-state index in [0.29, 0.717) is 11.1 Å². The van der Waals surface area contributed by atoms with Gasteiger partial charge in [-0.3, -0.25) is 0 Å². The van der Waals surface area contributed by atoms with Crippen LogP contribution in [0.25, 0.3) is 0 Å². The highest BCUT2D eigenvalue weighted by Crippen LogP contribution is 2.43. The summed E-state index contributed by atoms with van der Waals surface area (Å²) >= 11 is 0.